The zero-order valence-corrected chi connectivity index (χ0v) is 17.7. The predicted molar refractivity (Wildman–Crippen MR) is 118 cm³/mol. The summed E-state index contributed by atoms with van der Waals surface area (Å²) in [5.41, 5.74) is 1.60. The minimum Gasteiger partial charge on any atom is -0.339 e. The highest BCUT2D eigenvalue weighted by Crippen LogP contribution is 2.29. The van der Waals surface area contributed by atoms with Gasteiger partial charge >= 0.3 is 0 Å². The number of hydrogen-bond donors (Lipinski definition) is 4. The number of anilines is 2. The number of halogens is 3. The molecule has 6 nitrogen and oxygen atoms in total. The molecule has 148 valence electrons. The van der Waals surface area contributed by atoms with Gasteiger partial charge in [-0.05, 0) is 42.5 Å². The largest absolute Gasteiger partial charge is 0.339 e. The highest BCUT2D eigenvalue weighted by molar-refractivity contribution is 7.80. The maximum Gasteiger partial charge on any atom is 0.252 e. The number of carbonyl (C=O) groups excluding carboxylic acids is 2. The highest BCUT2D eigenvalue weighted by atomic mass is 35.6. The molecule has 0 radical (unpaired) electrons. The quantitative estimate of drug-likeness (QED) is 0.308. The molecule has 0 unspecified atom stereocenters. The van der Waals surface area contributed by atoms with Crippen molar-refractivity contribution in [1.29, 1.82) is 0 Å². The summed E-state index contributed by atoms with van der Waals surface area (Å²) in [7, 11) is 0. The van der Waals surface area contributed by atoms with Crippen LogP contribution in [0.1, 0.15) is 17.3 Å². The van der Waals surface area contributed by atoms with Gasteiger partial charge in [0.15, 0.2) is 5.11 Å². The molecule has 0 aromatic heterocycles. The molecule has 1 atom stereocenters. The molecule has 0 fully saturated rings. The lowest BCUT2D eigenvalue weighted by molar-refractivity contribution is -0.114. The van der Waals surface area contributed by atoms with Crippen molar-refractivity contribution >= 4 is 75.3 Å². The molecule has 0 aliphatic heterocycles. The van der Waals surface area contributed by atoms with Crippen LogP contribution in [0.5, 0.6) is 0 Å². The first-order valence-corrected chi connectivity index (χ1v) is 9.57. The average Bonchev–Trinajstić information content (AvgIpc) is 2.60. The van der Waals surface area contributed by atoms with Gasteiger partial charge in [0.2, 0.25) is 9.70 Å². The molecular formula is C18H17Cl3N4O2S. The van der Waals surface area contributed by atoms with Gasteiger partial charge in [0.25, 0.3) is 5.91 Å². The highest BCUT2D eigenvalue weighted by Gasteiger charge is 2.34. The number of amides is 2. The zero-order valence-electron chi connectivity index (χ0n) is 14.6. The van der Waals surface area contributed by atoms with E-state index in [0.717, 1.165) is 0 Å². The van der Waals surface area contributed by atoms with E-state index in [1.807, 2.05) is 0 Å². The van der Waals surface area contributed by atoms with E-state index >= 15 is 0 Å². The number of rotatable bonds is 5. The summed E-state index contributed by atoms with van der Waals surface area (Å²) in [6, 6.07) is 15.4. The minimum atomic E-state index is -1.87. The molecule has 0 bridgehead atoms. The molecule has 0 saturated carbocycles. The standard InChI is InChI=1S/C18H17Cl3N4O2S/c1-11(26)22-13-8-5-9-14(10-13)23-17(28)25-16(18(19,20)21)24-15(27)12-6-3-2-4-7-12/h2-10,16H,1H3,(H,22,26)(H,24,27)(H2,23,25,28)/t16-/m0/s1. The molecule has 2 aromatic rings. The second kappa shape index (κ2) is 9.93. The van der Waals surface area contributed by atoms with Gasteiger partial charge in [0.05, 0.1) is 0 Å². The van der Waals surface area contributed by atoms with Crippen molar-refractivity contribution in [3.05, 3.63) is 60.2 Å². The molecule has 2 rings (SSSR count). The van der Waals surface area contributed by atoms with Crippen molar-refractivity contribution in [3.8, 4) is 0 Å². The van der Waals surface area contributed by atoms with E-state index in [4.69, 9.17) is 47.0 Å². The molecule has 4 N–H and O–H groups in total. The second-order valence-electron chi connectivity index (χ2n) is 5.67. The van der Waals surface area contributed by atoms with E-state index < -0.39 is 15.9 Å². The summed E-state index contributed by atoms with van der Waals surface area (Å²) in [6.07, 6.45) is -1.09. The summed E-state index contributed by atoms with van der Waals surface area (Å²) >= 11 is 23.2. The van der Waals surface area contributed by atoms with Gasteiger partial charge in [-0.1, -0.05) is 59.1 Å². The first-order chi connectivity index (χ1) is 13.1. The Morgan fingerprint density at radius 2 is 1.54 bits per heavy atom. The SMILES string of the molecule is CC(=O)Nc1cccc(NC(=S)N[C@H](NC(=O)c2ccccc2)C(Cl)(Cl)Cl)c1. The van der Waals surface area contributed by atoms with Crippen LogP contribution in [0.3, 0.4) is 0 Å². The van der Waals surface area contributed by atoms with E-state index in [1.54, 1.807) is 54.6 Å². The van der Waals surface area contributed by atoms with Crippen LogP contribution in [0.2, 0.25) is 0 Å². The molecule has 0 heterocycles. The van der Waals surface area contributed by atoms with Gasteiger partial charge in [0.1, 0.15) is 6.17 Å². The van der Waals surface area contributed by atoms with Crippen molar-refractivity contribution < 1.29 is 9.59 Å². The van der Waals surface area contributed by atoms with Gasteiger partial charge in [-0.25, -0.2) is 0 Å². The van der Waals surface area contributed by atoms with Crippen LogP contribution in [-0.2, 0) is 4.79 Å². The molecule has 0 saturated heterocycles. The van der Waals surface area contributed by atoms with Crippen LogP contribution in [0.4, 0.5) is 11.4 Å². The van der Waals surface area contributed by atoms with Crippen LogP contribution in [0, 0.1) is 0 Å². The minimum absolute atomic E-state index is 0.115. The molecule has 2 aromatic carbocycles. The summed E-state index contributed by atoms with van der Waals surface area (Å²) in [5, 5.41) is 11.1. The topological polar surface area (TPSA) is 82.3 Å². The molecule has 0 spiro atoms. The summed E-state index contributed by atoms with van der Waals surface area (Å²) in [4.78, 5) is 23.5. The summed E-state index contributed by atoms with van der Waals surface area (Å²) in [5.74, 6) is -0.627. The second-order valence-corrected chi connectivity index (χ2v) is 8.45. The molecular weight excluding hydrogens is 443 g/mol. The van der Waals surface area contributed by atoms with Crippen molar-refractivity contribution in [2.24, 2.45) is 0 Å². The summed E-state index contributed by atoms with van der Waals surface area (Å²) < 4.78 is -1.87. The smallest absolute Gasteiger partial charge is 0.252 e. The maximum absolute atomic E-state index is 12.4. The molecule has 0 aliphatic rings. The lowest BCUT2D eigenvalue weighted by atomic mass is 10.2. The van der Waals surface area contributed by atoms with Crippen molar-refractivity contribution in [2.45, 2.75) is 16.9 Å². The molecule has 0 aliphatic carbocycles. The fraction of sp³-hybridized carbons (Fsp3) is 0.167. The van der Waals surface area contributed by atoms with Crippen molar-refractivity contribution in [2.75, 3.05) is 10.6 Å². The Bertz CT molecular complexity index is 859. The Morgan fingerprint density at radius 3 is 2.11 bits per heavy atom. The number of nitrogens with one attached hydrogen (secondary N) is 4. The van der Waals surface area contributed by atoms with E-state index in [2.05, 4.69) is 21.3 Å². The molecule has 2 amide bonds. The van der Waals surface area contributed by atoms with Crippen molar-refractivity contribution in [3.63, 3.8) is 0 Å². The van der Waals surface area contributed by atoms with Gasteiger partial charge in [-0.2, -0.15) is 0 Å². The number of alkyl halides is 3. The number of hydrogen-bond acceptors (Lipinski definition) is 3. The van der Waals surface area contributed by atoms with Crippen LogP contribution in [-0.4, -0.2) is 26.9 Å². The fourth-order valence-corrected chi connectivity index (χ4v) is 2.74. The first kappa shape index (κ1) is 22.2. The molecule has 10 heteroatoms. The lowest BCUT2D eigenvalue weighted by Gasteiger charge is -2.27. The average molecular weight is 460 g/mol. The number of benzene rings is 2. The van der Waals surface area contributed by atoms with Gasteiger partial charge < -0.3 is 21.3 Å². The van der Waals surface area contributed by atoms with Gasteiger partial charge in [-0.15, -0.1) is 0 Å². The fourth-order valence-electron chi connectivity index (χ4n) is 2.18. The van der Waals surface area contributed by atoms with Crippen LogP contribution in [0.15, 0.2) is 54.6 Å². The first-order valence-electron chi connectivity index (χ1n) is 8.03. The molecule has 28 heavy (non-hydrogen) atoms. The normalized spacial score (nSPS) is 11.9. The Labute approximate surface area is 182 Å². The van der Waals surface area contributed by atoms with E-state index in [1.165, 1.54) is 6.92 Å². The van der Waals surface area contributed by atoms with E-state index in [-0.39, 0.29) is 11.0 Å². The monoisotopic (exact) mass is 458 g/mol. The van der Waals surface area contributed by atoms with Crippen LogP contribution < -0.4 is 21.3 Å². The number of carbonyl (C=O) groups is 2. The van der Waals surface area contributed by atoms with Gasteiger partial charge in [0, 0.05) is 23.9 Å². The Kier molecular flexibility index (Phi) is 7.88. The van der Waals surface area contributed by atoms with Crippen molar-refractivity contribution in [1.82, 2.24) is 10.6 Å². The Balaban J connectivity index is 2.05. The predicted octanol–water partition coefficient (Wildman–Crippen LogP) is 4.06. The van der Waals surface area contributed by atoms with E-state index in [9.17, 15) is 9.59 Å². The zero-order chi connectivity index (χ0) is 20.7. The summed E-state index contributed by atoms with van der Waals surface area (Å²) in [6.45, 7) is 1.41. The van der Waals surface area contributed by atoms with Gasteiger partial charge in [-0.3, -0.25) is 9.59 Å². The Morgan fingerprint density at radius 1 is 0.929 bits per heavy atom. The third kappa shape index (κ3) is 7.16. The third-order valence-corrected chi connectivity index (χ3v) is 4.23. The van der Waals surface area contributed by atoms with Crippen LogP contribution in [0.25, 0.3) is 0 Å². The Hall–Kier alpha value is -2.06. The third-order valence-electron chi connectivity index (χ3n) is 3.35. The lowest BCUT2D eigenvalue weighted by Crippen LogP contribution is -2.56. The number of thiocarbonyl (C=S) groups is 1. The van der Waals surface area contributed by atoms with E-state index in [0.29, 0.717) is 16.9 Å². The maximum atomic E-state index is 12.4. The van der Waals surface area contributed by atoms with Crippen LogP contribution >= 0.6 is 47.0 Å².